The third-order valence-corrected chi connectivity index (χ3v) is 3.17. The molecule has 0 saturated heterocycles. The lowest BCUT2D eigenvalue weighted by atomic mass is 10.1. The summed E-state index contributed by atoms with van der Waals surface area (Å²) in [6.07, 6.45) is 3.35. The van der Waals surface area contributed by atoms with Crippen molar-refractivity contribution in [3.8, 4) is 11.3 Å². The highest BCUT2D eigenvalue weighted by Crippen LogP contribution is 2.32. The number of halogens is 3. The molecule has 15 heavy (non-hydrogen) atoms. The van der Waals surface area contributed by atoms with Crippen molar-refractivity contribution in [2.45, 2.75) is 0 Å². The van der Waals surface area contributed by atoms with Gasteiger partial charge in [-0.15, -0.1) is 0 Å². The standard InChI is InChI=1S/C10H5Cl2IN2/c11-7-3-1-2-6(10(7)12)8-4-14-5-9(13)15-8/h1-5H. The summed E-state index contributed by atoms with van der Waals surface area (Å²) in [6.45, 7) is 0. The highest BCUT2D eigenvalue weighted by atomic mass is 127. The van der Waals surface area contributed by atoms with Crippen LogP contribution in [0.4, 0.5) is 0 Å². The van der Waals surface area contributed by atoms with Gasteiger partial charge in [0.25, 0.3) is 0 Å². The van der Waals surface area contributed by atoms with E-state index in [1.807, 2.05) is 12.1 Å². The maximum atomic E-state index is 6.08. The Morgan fingerprint density at radius 3 is 2.67 bits per heavy atom. The first-order valence-corrected chi connectivity index (χ1v) is 5.94. The fourth-order valence-electron chi connectivity index (χ4n) is 1.17. The molecule has 0 saturated carbocycles. The summed E-state index contributed by atoms with van der Waals surface area (Å²) in [4.78, 5) is 8.39. The molecule has 5 heteroatoms. The summed E-state index contributed by atoms with van der Waals surface area (Å²) in [7, 11) is 0. The van der Waals surface area contributed by atoms with Gasteiger partial charge in [-0.2, -0.15) is 0 Å². The van der Waals surface area contributed by atoms with Gasteiger partial charge in [0.1, 0.15) is 3.70 Å². The minimum atomic E-state index is 0.510. The zero-order valence-corrected chi connectivity index (χ0v) is 11.1. The maximum absolute atomic E-state index is 6.08. The lowest BCUT2D eigenvalue weighted by molar-refractivity contribution is 1.17. The number of benzene rings is 1. The Balaban J connectivity index is 2.59. The lowest BCUT2D eigenvalue weighted by Gasteiger charge is -2.04. The number of hydrogen-bond acceptors (Lipinski definition) is 2. The Morgan fingerprint density at radius 1 is 1.13 bits per heavy atom. The molecule has 0 amide bonds. The molecule has 2 aromatic rings. The lowest BCUT2D eigenvalue weighted by Crippen LogP contribution is -1.89. The summed E-state index contributed by atoms with van der Waals surface area (Å²) in [6, 6.07) is 5.45. The Morgan fingerprint density at radius 2 is 1.93 bits per heavy atom. The third-order valence-electron chi connectivity index (χ3n) is 1.83. The van der Waals surface area contributed by atoms with Gasteiger partial charge in [-0.05, 0) is 28.7 Å². The molecule has 0 atom stereocenters. The van der Waals surface area contributed by atoms with Crippen molar-refractivity contribution in [3.63, 3.8) is 0 Å². The quantitative estimate of drug-likeness (QED) is 0.725. The first-order valence-electron chi connectivity index (χ1n) is 4.10. The molecule has 0 unspecified atom stereocenters. The Hall–Kier alpha value is -0.390. The highest BCUT2D eigenvalue weighted by Gasteiger charge is 2.08. The van der Waals surface area contributed by atoms with Gasteiger partial charge in [0.05, 0.1) is 28.1 Å². The van der Waals surface area contributed by atoms with Gasteiger partial charge in [-0.3, -0.25) is 4.98 Å². The number of aromatic nitrogens is 2. The zero-order valence-electron chi connectivity index (χ0n) is 7.42. The fraction of sp³-hybridized carbons (Fsp3) is 0. The predicted molar refractivity (Wildman–Crippen MR) is 70.2 cm³/mol. The zero-order chi connectivity index (χ0) is 10.8. The molecule has 0 spiro atoms. The summed E-state index contributed by atoms with van der Waals surface area (Å²) in [5, 5.41) is 1.03. The van der Waals surface area contributed by atoms with Crippen LogP contribution in [0.1, 0.15) is 0 Å². The second kappa shape index (κ2) is 4.63. The Labute approximate surface area is 111 Å². The van der Waals surface area contributed by atoms with E-state index >= 15 is 0 Å². The van der Waals surface area contributed by atoms with E-state index < -0.39 is 0 Å². The van der Waals surface area contributed by atoms with Gasteiger partial charge in [0.2, 0.25) is 0 Å². The summed E-state index contributed by atoms with van der Waals surface area (Å²) < 4.78 is 0.821. The molecule has 76 valence electrons. The second-order valence-electron chi connectivity index (χ2n) is 2.83. The average Bonchev–Trinajstić information content (AvgIpc) is 2.22. The minimum Gasteiger partial charge on any atom is -0.260 e. The highest BCUT2D eigenvalue weighted by molar-refractivity contribution is 14.1. The second-order valence-corrected chi connectivity index (χ2v) is 4.72. The van der Waals surface area contributed by atoms with Crippen LogP contribution in [0.2, 0.25) is 10.0 Å². The minimum absolute atomic E-state index is 0.510. The van der Waals surface area contributed by atoms with Gasteiger partial charge in [0.15, 0.2) is 0 Å². The van der Waals surface area contributed by atoms with E-state index in [9.17, 15) is 0 Å². The SMILES string of the molecule is Clc1cccc(-c2cncc(I)n2)c1Cl. The van der Waals surface area contributed by atoms with E-state index in [0.29, 0.717) is 10.0 Å². The molecular formula is C10H5Cl2IN2. The smallest absolute Gasteiger partial charge is 0.120 e. The van der Waals surface area contributed by atoms with Crippen LogP contribution in [0.5, 0.6) is 0 Å². The van der Waals surface area contributed by atoms with Crippen LogP contribution in [0.25, 0.3) is 11.3 Å². The van der Waals surface area contributed by atoms with Crippen molar-refractivity contribution >= 4 is 45.8 Å². The average molecular weight is 351 g/mol. The molecule has 0 N–H and O–H groups in total. The normalized spacial score (nSPS) is 10.3. The van der Waals surface area contributed by atoms with E-state index in [-0.39, 0.29) is 0 Å². The molecule has 1 heterocycles. The van der Waals surface area contributed by atoms with Crippen molar-refractivity contribution in [3.05, 3.63) is 44.3 Å². The molecule has 0 fully saturated rings. The fourth-order valence-corrected chi connectivity index (χ4v) is 1.99. The van der Waals surface area contributed by atoms with Crippen molar-refractivity contribution in [1.29, 1.82) is 0 Å². The van der Waals surface area contributed by atoms with Crippen molar-refractivity contribution in [1.82, 2.24) is 9.97 Å². The molecule has 2 nitrogen and oxygen atoms in total. The monoisotopic (exact) mass is 350 g/mol. The van der Waals surface area contributed by atoms with Gasteiger partial charge < -0.3 is 0 Å². The van der Waals surface area contributed by atoms with Crippen molar-refractivity contribution in [2.75, 3.05) is 0 Å². The molecule has 0 aliphatic carbocycles. The predicted octanol–water partition coefficient (Wildman–Crippen LogP) is 4.06. The van der Waals surface area contributed by atoms with Crippen molar-refractivity contribution < 1.29 is 0 Å². The van der Waals surface area contributed by atoms with Crippen LogP contribution < -0.4 is 0 Å². The molecule has 2 rings (SSSR count). The van der Waals surface area contributed by atoms with Gasteiger partial charge >= 0.3 is 0 Å². The van der Waals surface area contributed by atoms with E-state index in [1.165, 1.54) is 0 Å². The first kappa shape index (κ1) is 11.1. The maximum Gasteiger partial charge on any atom is 0.120 e. The summed E-state index contributed by atoms with van der Waals surface area (Å²) in [5.74, 6) is 0. The summed E-state index contributed by atoms with van der Waals surface area (Å²) >= 11 is 14.1. The molecular weight excluding hydrogens is 346 g/mol. The summed E-state index contributed by atoms with van der Waals surface area (Å²) in [5.41, 5.74) is 1.53. The molecule has 0 aliphatic heterocycles. The molecule has 1 aromatic carbocycles. The van der Waals surface area contributed by atoms with Crippen LogP contribution in [0.3, 0.4) is 0 Å². The van der Waals surface area contributed by atoms with Gasteiger partial charge in [-0.1, -0.05) is 35.3 Å². The third kappa shape index (κ3) is 2.41. The number of hydrogen-bond donors (Lipinski definition) is 0. The number of rotatable bonds is 1. The molecule has 0 radical (unpaired) electrons. The van der Waals surface area contributed by atoms with E-state index in [4.69, 9.17) is 23.2 Å². The van der Waals surface area contributed by atoms with E-state index in [1.54, 1.807) is 18.5 Å². The van der Waals surface area contributed by atoms with Gasteiger partial charge in [0, 0.05) is 5.56 Å². The number of nitrogens with zero attached hydrogens (tertiary/aromatic N) is 2. The molecule has 0 aliphatic rings. The van der Waals surface area contributed by atoms with Crippen LogP contribution in [0.15, 0.2) is 30.6 Å². The Kier molecular flexibility index (Phi) is 3.43. The van der Waals surface area contributed by atoms with Crippen LogP contribution in [-0.2, 0) is 0 Å². The van der Waals surface area contributed by atoms with E-state index in [2.05, 4.69) is 32.6 Å². The largest absolute Gasteiger partial charge is 0.260 e. The van der Waals surface area contributed by atoms with Crippen LogP contribution in [0, 0.1) is 3.70 Å². The Bertz CT molecular complexity index is 503. The molecule has 0 bridgehead atoms. The molecule has 1 aromatic heterocycles. The van der Waals surface area contributed by atoms with Crippen LogP contribution in [-0.4, -0.2) is 9.97 Å². The topological polar surface area (TPSA) is 25.8 Å². The van der Waals surface area contributed by atoms with Crippen LogP contribution >= 0.6 is 45.8 Å². The van der Waals surface area contributed by atoms with E-state index in [0.717, 1.165) is 15.0 Å². The first-order chi connectivity index (χ1) is 7.18. The van der Waals surface area contributed by atoms with Gasteiger partial charge in [-0.25, -0.2) is 4.98 Å². The van der Waals surface area contributed by atoms with Crippen molar-refractivity contribution in [2.24, 2.45) is 0 Å².